The highest BCUT2D eigenvalue weighted by atomic mass is 16.5. The molecule has 0 radical (unpaired) electrons. The van der Waals surface area contributed by atoms with Crippen LogP contribution in [0.5, 0.6) is 5.75 Å². The zero-order valence-electron chi connectivity index (χ0n) is 9.87. The lowest BCUT2D eigenvalue weighted by Gasteiger charge is -2.11. The van der Waals surface area contributed by atoms with Gasteiger partial charge >= 0.3 is 0 Å². The van der Waals surface area contributed by atoms with E-state index >= 15 is 0 Å². The molecule has 2 rings (SSSR count). The molecule has 3 nitrogen and oxygen atoms in total. The van der Waals surface area contributed by atoms with Gasteiger partial charge in [0.1, 0.15) is 12.0 Å². The van der Waals surface area contributed by atoms with Gasteiger partial charge in [0, 0.05) is 18.4 Å². The molecule has 0 atom stereocenters. The minimum atomic E-state index is 0. The number of aryl methyl sites for hydroxylation is 1. The van der Waals surface area contributed by atoms with E-state index in [2.05, 4.69) is 18.7 Å². The highest BCUT2D eigenvalue weighted by Gasteiger charge is 2.18. The summed E-state index contributed by atoms with van der Waals surface area (Å²) in [5.41, 5.74) is 3.71. The van der Waals surface area contributed by atoms with Gasteiger partial charge < -0.3 is 15.0 Å². The Balaban J connectivity index is 0.00000144. The first kappa shape index (κ1) is 13.5. The second kappa shape index (κ2) is 6.21. The molecule has 1 aromatic rings. The van der Waals surface area contributed by atoms with Crippen LogP contribution in [0.25, 0.3) is 0 Å². The SMILES string of the molecule is C=CCc1c(CCC=O)ccc2c1OCC2.O. The van der Waals surface area contributed by atoms with Crippen LogP contribution in [0, 0.1) is 0 Å². The van der Waals surface area contributed by atoms with Crippen molar-refractivity contribution in [2.24, 2.45) is 0 Å². The second-order valence-electron chi connectivity index (χ2n) is 3.99. The summed E-state index contributed by atoms with van der Waals surface area (Å²) in [7, 11) is 0. The van der Waals surface area contributed by atoms with Crippen molar-refractivity contribution in [2.75, 3.05) is 6.61 Å². The third kappa shape index (κ3) is 2.74. The molecular weight excluding hydrogens is 216 g/mol. The molecule has 0 bridgehead atoms. The molecule has 1 aliphatic rings. The average Bonchev–Trinajstić information content (AvgIpc) is 2.76. The van der Waals surface area contributed by atoms with Crippen molar-refractivity contribution < 1.29 is 15.0 Å². The maximum Gasteiger partial charge on any atom is 0.126 e. The lowest BCUT2D eigenvalue weighted by molar-refractivity contribution is -0.107. The molecule has 0 saturated heterocycles. The fraction of sp³-hybridized carbons (Fsp3) is 0.357. The van der Waals surface area contributed by atoms with Gasteiger partial charge in [-0.3, -0.25) is 0 Å². The van der Waals surface area contributed by atoms with E-state index in [-0.39, 0.29) is 5.48 Å². The number of carbonyl (C=O) groups excluding carboxylic acids is 1. The van der Waals surface area contributed by atoms with Crippen LogP contribution in [-0.4, -0.2) is 18.4 Å². The van der Waals surface area contributed by atoms with Gasteiger partial charge in [0.05, 0.1) is 6.61 Å². The topological polar surface area (TPSA) is 57.8 Å². The number of allylic oxidation sites excluding steroid dienone is 1. The third-order valence-electron chi connectivity index (χ3n) is 2.94. The van der Waals surface area contributed by atoms with E-state index in [1.165, 1.54) is 16.7 Å². The standard InChI is InChI=1S/C14H16O2.H2O/c1-2-4-13-11(5-3-9-15)6-7-12-8-10-16-14(12)13;/h2,6-7,9H,1,3-5,8,10H2;1H2. The fourth-order valence-corrected chi connectivity index (χ4v) is 2.17. The van der Waals surface area contributed by atoms with Gasteiger partial charge in [0.25, 0.3) is 0 Å². The van der Waals surface area contributed by atoms with Crippen molar-refractivity contribution in [1.29, 1.82) is 0 Å². The highest BCUT2D eigenvalue weighted by Crippen LogP contribution is 2.33. The molecule has 1 aromatic carbocycles. The van der Waals surface area contributed by atoms with Crippen LogP contribution in [-0.2, 0) is 24.1 Å². The van der Waals surface area contributed by atoms with E-state index in [0.29, 0.717) is 6.42 Å². The van der Waals surface area contributed by atoms with Crippen LogP contribution in [0.3, 0.4) is 0 Å². The van der Waals surface area contributed by atoms with Crippen LogP contribution < -0.4 is 4.74 Å². The number of rotatable bonds is 5. The predicted molar refractivity (Wildman–Crippen MR) is 67.5 cm³/mol. The first-order valence-electron chi connectivity index (χ1n) is 5.67. The van der Waals surface area contributed by atoms with E-state index in [1.807, 2.05) is 6.08 Å². The van der Waals surface area contributed by atoms with Crippen LogP contribution in [0.1, 0.15) is 23.1 Å². The lowest BCUT2D eigenvalue weighted by Crippen LogP contribution is -1.98. The normalized spacial score (nSPS) is 12.2. The summed E-state index contributed by atoms with van der Waals surface area (Å²) in [6, 6.07) is 4.24. The molecule has 3 heteroatoms. The van der Waals surface area contributed by atoms with Crippen molar-refractivity contribution in [3.05, 3.63) is 41.5 Å². The van der Waals surface area contributed by atoms with E-state index in [0.717, 1.165) is 37.9 Å². The average molecular weight is 234 g/mol. The number of hydrogen-bond acceptors (Lipinski definition) is 2. The molecule has 0 unspecified atom stereocenters. The summed E-state index contributed by atoms with van der Waals surface area (Å²) in [6.07, 6.45) is 6.03. The molecule has 2 N–H and O–H groups in total. The van der Waals surface area contributed by atoms with Gasteiger partial charge in [-0.15, -0.1) is 6.58 Å². The summed E-state index contributed by atoms with van der Waals surface area (Å²) in [5, 5.41) is 0. The Bertz CT molecular complexity index is 410. The Morgan fingerprint density at radius 1 is 1.41 bits per heavy atom. The molecule has 0 saturated carbocycles. The minimum absolute atomic E-state index is 0. The molecule has 92 valence electrons. The quantitative estimate of drug-likeness (QED) is 0.574. The lowest BCUT2D eigenvalue weighted by atomic mass is 9.96. The van der Waals surface area contributed by atoms with Gasteiger partial charge in [0.2, 0.25) is 0 Å². The van der Waals surface area contributed by atoms with Gasteiger partial charge in [-0.05, 0) is 24.0 Å². The Hall–Kier alpha value is -1.61. The molecule has 0 spiro atoms. The van der Waals surface area contributed by atoms with Crippen LogP contribution in [0.15, 0.2) is 24.8 Å². The Labute approximate surface area is 101 Å². The first-order chi connectivity index (χ1) is 7.86. The second-order valence-corrected chi connectivity index (χ2v) is 3.99. The molecule has 0 aliphatic carbocycles. The van der Waals surface area contributed by atoms with E-state index < -0.39 is 0 Å². The number of hydrogen-bond donors (Lipinski definition) is 0. The summed E-state index contributed by atoms with van der Waals surface area (Å²) < 4.78 is 5.67. The third-order valence-corrected chi connectivity index (χ3v) is 2.94. The monoisotopic (exact) mass is 234 g/mol. The van der Waals surface area contributed by atoms with Crippen molar-refractivity contribution in [3.63, 3.8) is 0 Å². The summed E-state index contributed by atoms with van der Waals surface area (Å²) in [5.74, 6) is 1.03. The minimum Gasteiger partial charge on any atom is -0.493 e. The maximum atomic E-state index is 10.4. The van der Waals surface area contributed by atoms with Crippen molar-refractivity contribution in [2.45, 2.75) is 25.7 Å². The summed E-state index contributed by atoms with van der Waals surface area (Å²) in [4.78, 5) is 10.4. The number of fused-ring (bicyclic) bond motifs is 1. The number of carbonyl (C=O) groups is 1. The first-order valence-corrected chi connectivity index (χ1v) is 5.67. The van der Waals surface area contributed by atoms with E-state index in [9.17, 15) is 4.79 Å². The number of benzene rings is 1. The fourth-order valence-electron chi connectivity index (χ4n) is 2.17. The maximum absolute atomic E-state index is 10.4. The van der Waals surface area contributed by atoms with Gasteiger partial charge in [-0.2, -0.15) is 0 Å². The molecule has 0 aromatic heterocycles. The van der Waals surface area contributed by atoms with Crippen molar-refractivity contribution >= 4 is 6.29 Å². The van der Waals surface area contributed by atoms with Crippen LogP contribution in [0.4, 0.5) is 0 Å². The number of aldehydes is 1. The molecule has 1 aliphatic heterocycles. The molecule has 17 heavy (non-hydrogen) atoms. The summed E-state index contributed by atoms with van der Waals surface area (Å²) >= 11 is 0. The van der Waals surface area contributed by atoms with Gasteiger partial charge in [-0.1, -0.05) is 18.2 Å². The summed E-state index contributed by atoms with van der Waals surface area (Å²) in [6.45, 7) is 4.55. The van der Waals surface area contributed by atoms with E-state index in [1.54, 1.807) is 0 Å². The van der Waals surface area contributed by atoms with Crippen LogP contribution >= 0.6 is 0 Å². The highest BCUT2D eigenvalue weighted by molar-refractivity contribution is 5.53. The molecular formula is C14H18O3. The predicted octanol–water partition coefficient (Wildman–Crippen LogP) is 1.66. The zero-order chi connectivity index (χ0) is 11.4. The van der Waals surface area contributed by atoms with Crippen LogP contribution in [0.2, 0.25) is 0 Å². The van der Waals surface area contributed by atoms with E-state index in [4.69, 9.17) is 4.74 Å². The Kier molecular flexibility index (Phi) is 4.91. The van der Waals surface area contributed by atoms with Gasteiger partial charge in [0.15, 0.2) is 0 Å². The molecule has 1 heterocycles. The van der Waals surface area contributed by atoms with Gasteiger partial charge in [-0.25, -0.2) is 0 Å². The Morgan fingerprint density at radius 3 is 2.94 bits per heavy atom. The molecule has 0 fully saturated rings. The van der Waals surface area contributed by atoms with Crippen molar-refractivity contribution in [1.82, 2.24) is 0 Å². The number of ether oxygens (including phenoxy) is 1. The van der Waals surface area contributed by atoms with Crippen molar-refractivity contribution in [3.8, 4) is 5.75 Å². The molecule has 0 amide bonds. The largest absolute Gasteiger partial charge is 0.493 e. The zero-order valence-corrected chi connectivity index (χ0v) is 9.87. The Morgan fingerprint density at radius 2 is 2.24 bits per heavy atom. The smallest absolute Gasteiger partial charge is 0.126 e.